The zero-order chi connectivity index (χ0) is 19.6. The van der Waals surface area contributed by atoms with Crippen molar-refractivity contribution in [1.82, 2.24) is 10.2 Å². The molecule has 1 aromatic rings. The van der Waals surface area contributed by atoms with Crippen LogP contribution in [0, 0.1) is 5.41 Å². The molecule has 0 unspecified atom stereocenters. The molecule has 0 atom stereocenters. The Hall–Kier alpha value is -2.12. The number of piperidine rings is 1. The molecule has 7 heteroatoms. The monoisotopic (exact) mass is 388 g/mol. The van der Waals surface area contributed by atoms with E-state index in [2.05, 4.69) is 5.32 Å². The second kappa shape index (κ2) is 7.72. The molecule has 28 heavy (non-hydrogen) atoms. The van der Waals surface area contributed by atoms with Crippen LogP contribution in [0.25, 0.3) is 0 Å². The molecule has 1 saturated carbocycles. The lowest BCUT2D eigenvalue weighted by Gasteiger charge is -2.38. The van der Waals surface area contributed by atoms with Crippen molar-refractivity contribution in [3.8, 4) is 5.75 Å². The summed E-state index contributed by atoms with van der Waals surface area (Å²) < 4.78 is 16.7. The topological polar surface area (TPSA) is 77.1 Å². The molecule has 1 spiro atoms. The average Bonchev–Trinajstić information content (AvgIpc) is 3.43. The lowest BCUT2D eigenvalue weighted by Crippen LogP contribution is -2.52. The number of ether oxygens (including phenoxy) is 3. The van der Waals surface area contributed by atoms with Gasteiger partial charge in [-0.2, -0.15) is 0 Å². The number of carbonyl (C=O) groups is 2. The molecular weight excluding hydrogens is 360 g/mol. The number of hydrogen-bond donors (Lipinski definition) is 1. The van der Waals surface area contributed by atoms with Crippen molar-refractivity contribution in [2.75, 3.05) is 40.0 Å². The van der Waals surface area contributed by atoms with Crippen LogP contribution in [-0.2, 0) is 25.5 Å². The number of rotatable bonds is 6. The van der Waals surface area contributed by atoms with Gasteiger partial charge in [0.05, 0.1) is 20.3 Å². The summed E-state index contributed by atoms with van der Waals surface area (Å²) in [6.45, 7) is 2.91. The van der Waals surface area contributed by atoms with Gasteiger partial charge in [0.1, 0.15) is 11.2 Å². The molecule has 2 heterocycles. The van der Waals surface area contributed by atoms with Crippen molar-refractivity contribution < 1.29 is 23.8 Å². The minimum atomic E-state index is -0.865. The van der Waals surface area contributed by atoms with Crippen LogP contribution in [0.1, 0.15) is 31.2 Å². The number of benzene rings is 1. The average molecular weight is 388 g/mol. The van der Waals surface area contributed by atoms with Gasteiger partial charge in [-0.1, -0.05) is 12.1 Å². The number of hydrogen-bond acceptors (Lipinski definition) is 5. The van der Waals surface area contributed by atoms with Crippen LogP contribution in [0.2, 0.25) is 0 Å². The van der Waals surface area contributed by atoms with Gasteiger partial charge in [-0.05, 0) is 37.0 Å². The first-order valence-electron chi connectivity index (χ1n) is 10.1. The summed E-state index contributed by atoms with van der Waals surface area (Å²) in [7, 11) is 1.64. The molecule has 1 aromatic carbocycles. The van der Waals surface area contributed by atoms with E-state index in [9.17, 15) is 9.59 Å². The highest BCUT2D eigenvalue weighted by molar-refractivity contribution is 6.07. The third kappa shape index (κ3) is 3.73. The summed E-state index contributed by atoms with van der Waals surface area (Å²) in [6.07, 6.45) is 3.31. The highest BCUT2D eigenvalue weighted by atomic mass is 16.7. The Kier molecular flexibility index (Phi) is 5.29. The molecule has 1 aliphatic carbocycles. The molecule has 2 amide bonds. The van der Waals surface area contributed by atoms with E-state index >= 15 is 0 Å². The van der Waals surface area contributed by atoms with E-state index in [0.717, 1.165) is 11.3 Å². The highest BCUT2D eigenvalue weighted by Gasteiger charge is 2.58. The molecule has 152 valence electrons. The van der Waals surface area contributed by atoms with Crippen molar-refractivity contribution in [2.24, 2.45) is 5.41 Å². The van der Waals surface area contributed by atoms with Crippen LogP contribution >= 0.6 is 0 Å². The maximum atomic E-state index is 13.0. The zero-order valence-corrected chi connectivity index (χ0v) is 16.4. The number of likely N-dealkylation sites (tertiary alicyclic amines) is 1. The molecule has 0 aromatic heterocycles. The van der Waals surface area contributed by atoms with Gasteiger partial charge in [0.2, 0.25) is 11.8 Å². The standard InChI is InChI=1S/C21H28N2O5/c1-26-17-4-2-3-16(15-17)5-10-22-18(24)20(6-7-20)19(25)23-11-8-21(9-12-23)27-13-14-28-21/h2-4,15H,5-14H2,1H3,(H,22,24). The minimum absolute atomic E-state index is 0.0424. The SMILES string of the molecule is COc1cccc(CCNC(=O)C2(C(=O)N3CCC4(CC3)OCCO4)CC2)c1. The Morgan fingerprint density at radius 1 is 1.14 bits per heavy atom. The molecule has 0 bridgehead atoms. The molecular formula is C21H28N2O5. The maximum Gasteiger partial charge on any atom is 0.238 e. The van der Waals surface area contributed by atoms with Gasteiger partial charge < -0.3 is 24.4 Å². The van der Waals surface area contributed by atoms with Gasteiger partial charge >= 0.3 is 0 Å². The van der Waals surface area contributed by atoms with Crippen LogP contribution < -0.4 is 10.1 Å². The lowest BCUT2D eigenvalue weighted by atomic mass is 9.98. The Morgan fingerprint density at radius 2 is 1.86 bits per heavy atom. The van der Waals surface area contributed by atoms with Crippen molar-refractivity contribution in [3.05, 3.63) is 29.8 Å². The Morgan fingerprint density at radius 3 is 2.50 bits per heavy atom. The van der Waals surface area contributed by atoms with E-state index in [1.165, 1.54) is 0 Å². The summed E-state index contributed by atoms with van der Waals surface area (Å²) in [5.41, 5.74) is 0.227. The first kappa shape index (κ1) is 19.2. The fourth-order valence-electron chi connectivity index (χ4n) is 4.12. The summed E-state index contributed by atoms with van der Waals surface area (Å²) in [4.78, 5) is 27.6. The third-order valence-electron chi connectivity index (χ3n) is 6.05. The number of nitrogens with zero attached hydrogens (tertiary/aromatic N) is 1. The van der Waals surface area contributed by atoms with E-state index in [1.807, 2.05) is 29.2 Å². The van der Waals surface area contributed by atoms with Gasteiger partial charge in [-0.15, -0.1) is 0 Å². The molecule has 2 aliphatic heterocycles. The van der Waals surface area contributed by atoms with Crippen LogP contribution in [0.15, 0.2) is 24.3 Å². The highest BCUT2D eigenvalue weighted by Crippen LogP contribution is 2.48. The number of nitrogens with one attached hydrogen (secondary N) is 1. The molecule has 2 saturated heterocycles. The van der Waals surface area contributed by atoms with Crippen LogP contribution in [-0.4, -0.2) is 62.5 Å². The first-order chi connectivity index (χ1) is 13.6. The summed E-state index contributed by atoms with van der Waals surface area (Å²) in [5, 5.41) is 2.96. The first-order valence-corrected chi connectivity index (χ1v) is 10.1. The van der Waals surface area contributed by atoms with Crippen LogP contribution in [0.3, 0.4) is 0 Å². The lowest BCUT2D eigenvalue weighted by molar-refractivity contribution is -0.188. The molecule has 7 nitrogen and oxygen atoms in total. The predicted molar refractivity (Wildman–Crippen MR) is 102 cm³/mol. The second-order valence-electron chi connectivity index (χ2n) is 7.84. The largest absolute Gasteiger partial charge is 0.497 e. The fourth-order valence-corrected chi connectivity index (χ4v) is 4.12. The van der Waals surface area contributed by atoms with Crippen molar-refractivity contribution in [1.29, 1.82) is 0 Å². The van der Waals surface area contributed by atoms with E-state index in [-0.39, 0.29) is 11.8 Å². The number of carbonyl (C=O) groups excluding carboxylic acids is 2. The van der Waals surface area contributed by atoms with Crippen molar-refractivity contribution in [2.45, 2.75) is 37.9 Å². The van der Waals surface area contributed by atoms with Crippen LogP contribution in [0.5, 0.6) is 5.75 Å². The number of amides is 2. The van der Waals surface area contributed by atoms with Gasteiger partial charge in [-0.25, -0.2) is 0 Å². The van der Waals surface area contributed by atoms with Gasteiger partial charge in [0.15, 0.2) is 5.79 Å². The summed E-state index contributed by atoms with van der Waals surface area (Å²) >= 11 is 0. The van der Waals surface area contributed by atoms with E-state index in [0.29, 0.717) is 65.0 Å². The Labute approximate surface area is 165 Å². The van der Waals surface area contributed by atoms with Crippen molar-refractivity contribution >= 4 is 11.8 Å². The van der Waals surface area contributed by atoms with Gasteiger partial charge in [0, 0.05) is 32.5 Å². The maximum absolute atomic E-state index is 13.0. The van der Waals surface area contributed by atoms with E-state index in [1.54, 1.807) is 7.11 Å². The Bertz CT molecular complexity index is 730. The molecule has 3 aliphatic rings. The van der Waals surface area contributed by atoms with Gasteiger partial charge in [0.25, 0.3) is 0 Å². The fraction of sp³-hybridized carbons (Fsp3) is 0.619. The number of methoxy groups -OCH3 is 1. The third-order valence-corrected chi connectivity index (χ3v) is 6.05. The molecule has 3 fully saturated rings. The molecule has 0 radical (unpaired) electrons. The predicted octanol–water partition coefficient (Wildman–Crippen LogP) is 1.50. The molecule has 1 N–H and O–H groups in total. The second-order valence-corrected chi connectivity index (χ2v) is 7.84. The smallest absolute Gasteiger partial charge is 0.238 e. The molecule has 4 rings (SSSR count). The van der Waals surface area contributed by atoms with Crippen LogP contribution in [0.4, 0.5) is 0 Å². The quantitative estimate of drug-likeness (QED) is 0.748. The van der Waals surface area contributed by atoms with E-state index in [4.69, 9.17) is 14.2 Å². The zero-order valence-electron chi connectivity index (χ0n) is 16.4. The normalized spacial score (nSPS) is 22.1. The Balaban J connectivity index is 1.28. The summed E-state index contributed by atoms with van der Waals surface area (Å²) in [6, 6.07) is 7.79. The minimum Gasteiger partial charge on any atom is -0.497 e. The van der Waals surface area contributed by atoms with Crippen molar-refractivity contribution in [3.63, 3.8) is 0 Å². The van der Waals surface area contributed by atoms with Gasteiger partial charge in [-0.3, -0.25) is 9.59 Å². The van der Waals surface area contributed by atoms with E-state index < -0.39 is 11.2 Å². The summed E-state index contributed by atoms with van der Waals surface area (Å²) in [5.74, 6) is 0.107.